The molecule has 10 nitrogen and oxygen atoms in total. The number of halogens is 1. The summed E-state index contributed by atoms with van der Waals surface area (Å²) in [5.41, 5.74) is 3.23. The first-order chi connectivity index (χ1) is 22.7. The number of amides is 3. The molecule has 1 saturated carbocycles. The van der Waals surface area contributed by atoms with Gasteiger partial charge in [-0.1, -0.05) is 36.8 Å². The maximum atomic E-state index is 13.9. The summed E-state index contributed by atoms with van der Waals surface area (Å²) in [6, 6.07) is 18.4. The van der Waals surface area contributed by atoms with Gasteiger partial charge in [-0.15, -0.1) is 0 Å². The lowest BCUT2D eigenvalue weighted by molar-refractivity contribution is -0.126. The van der Waals surface area contributed by atoms with Gasteiger partial charge in [0.15, 0.2) is 0 Å². The average Bonchev–Trinajstić information content (AvgIpc) is 3.57. The Labute approximate surface area is 273 Å². The molecule has 3 amide bonds. The Morgan fingerprint density at radius 2 is 1.62 bits per heavy atom. The number of imide groups is 1. The summed E-state index contributed by atoms with van der Waals surface area (Å²) in [7, 11) is -3.60. The third-order valence-corrected chi connectivity index (χ3v) is 10.5. The van der Waals surface area contributed by atoms with Crippen LogP contribution in [0.25, 0.3) is 11.0 Å². The van der Waals surface area contributed by atoms with Crippen LogP contribution in [0.1, 0.15) is 77.0 Å². The number of hydrogen-bond acceptors (Lipinski definition) is 6. The SMILES string of the molecule is O=C(NCc1ccccc1F)C1CCC(Cc2nc3ccc(NS(=O)(=O)CCCCCN4C(=O)c5ccccc5C4=O)cc3[nH]2)CC1. The Hall–Kier alpha value is -4.58. The van der Waals surface area contributed by atoms with E-state index in [-0.39, 0.29) is 48.3 Å². The van der Waals surface area contributed by atoms with E-state index in [1.165, 1.54) is 11.0 Å². The lowest BCUT2D eigenvalue weighted by Crippen LogP contribution is -2.33. The molecule has 0 unspecified atom stereocenters. The molecule has 1 aliphatic carbocycles. The molecular formula is C35H38FN5O5S. The maximum absolute atomic E-state index is 13.9. The highest BCUT2D eigenvalue weighted by molar-refractivity contribution is 7.92. The minimum atomic E-state index is -3.60. The zero-order valence-electron chi connectivity index (χ0n) is 26.0. The van der Waals surface area contributed by atoms with Crippen LogP contribution >= 0.6 is 0 Å². The number of carbonyl (C=O) groups excluding carboxylic acids is 3. The number of carbonyl (C=O) groups is 3. The molecule has 0 spiro atoms. The quantitative estimate of drug-likeness (QED) is 0.127. The highest BCUT2D eigenvalue weighted by Gasteiger charge is 2.34. The first kappa shape index (κ1) is 32.4. The van der Waals surface area contributed by atoms with Crippen molar-refractivity contribution in [2.45, 2.75) is 57.9 Å². The third kappa shape index (κ3) is 7.70. The van der Waals surface area contributed by atoms with E-state index in [9.17, 15) is 27.2 Å². The normalized spacial score (nSPS) is 18.0. The number of anilines is 1. The van der Waals surface area contributed by atoms with Crippen molar-refractivity contribution in [2.24, 2.45) is 11.8 Å². The second kappa shape index (κ2) is 14.0. The predicted octanol–water partition coefficient (Wildman–Crippen LogP) is 5.58. The van der Waals surface area contributed by atoms with Crippen molar-refractivity contribution < 1.29 is 27.2 Å². The number of nitrogens with one attached hydrogen (secondary N) is 3. The smallest absolute Gasteiger partial charge is 0.261 e. The number of benzene rings is 3. The highest BCUT2D eigenvalue weighted by Crippen LogP contribution is 2.31. The van der Waals surface area contributed by atoms with Crippen molar-refractivity contribution in [3.63, 3.8) is 0 Å². The Morgan fingerprint density at radius 1 is 0.915 bits per heavy atom. The molecule has 12 heteroatoms. The van der Waals surface area contributed by atoms with Gasteiger partial charge in [-0.25, -0.2) is 17.8 Å². The fourth-order valence-corrected chi connectivity index (χ4v) is 7.68. The molecule has 2 heterocycles. The van der Waals surface area contributed by atoms with E-state index in [1.807, 2.05) is 0 Å². The summed E-state index contributed by atoms with van der Waals surface area (Å²) in [5, 5.41) is 2.88. The summed E-state index contributed by atoms with van der Waals surface area (Å²) < 4.78 is 42.1. The molecule has 0 radical (unpaired) electrons. The van der Waals surface area contributed by atoms with Crippen LogP contribution in [0.3, 0.4) is 0 Å². The fourth-order valence-electron chi connectivity index (χ4n) is 6.50. The highest BCUT2D eigenvalue weighted by atomic mass is 32.2. The number of aromatic amines is 1. The van der Waals surface area contributed by atoms with Crippen molar-refractivity contribution in [1.82, 2.24) is 20.2 Å². The molecule has 2 aliphatic rings. The monoisotopic (exact) mass is 659 g/mol. The molecule has 3 N–H and O–H groups in total. The van der Waals surface area contributed by atoms with Crippen LogP contribution in [-0.2, 0) is 27.8 Å². The zero-order chi connectivity index (χ0) is 33.0. The largest absolute Gasteiger partial charge is 0.352 e. The molecule has 4 aromatic rings. The van der Waals surface area contributed by atoms with Crippen molar-refractivity contribution in [3.05, 3.63) is 95.1 Å². The first-order valence-corrected chi connectivity index (χ1v) is 17.8. The van der Waals surface area contributed by atoms with Crippen molar-refractivity contribution in [1.29, 1.82) is 0 Å². The van der Waals surface area contributed by atoms with Gasteiger partial charge in [0.2, 0.25) is 15.9 Å². The number of rotatable bonds is 13. The number of H-pyrrole nitrogens is 1. The predicted molar refractivity (Wildman–Crippen MR) is 177 cm³/mol. The summed E-state index contributed by atoms with van der Waals surface area (Å²) >= 11 is 0. The van der Waals surface area contributed by atoms with Crippen molar-refractivity contribution in [3.8, 4) is 0 Å². The van der Waals surface area contributed by atoms with E-state index in [0.29, 0.717) is 47.6 Å². The lowest BCUT2D eigenvalue weighted by atomic mass is 9.80. The molecule has 1 aromatic heterocycles. The van der Waals surface area contributed by atoms with Crippen molar-refractivity contribution >= 4 is 44.5 Å². The van der Waals surface area contributed by atoms with Crippen LogP contribution in [0.4, 0.5) is 10.1 Å². The van der Waals surface area contributed by atoms with Gasteiger partial charge in [0, 0.05) is 31.0 Å². The van der Waals surface area contributed by atoms with E-state index in [0.717, 1.165) is 49.0 Å². The lowest BCUT2D eigenvalue weighted by Gasteiger charge is -2.27. The van der Waals surface area contributed by atoms with Crippen LogP contribution in [0.5, 0.6) is 0 Å². The number of fused-ring (bicyclic) bond motifs is 2. The molecule has 246 valence electrons. The van der Waals surface area contributed by atoms with Gasteiger partial charge in [0.25, 0.3) is 11.8 Å². The van der Waals surface area contributed by atoms with E-state index >= 15 is 0 Å². The first-order valence-electron chi connectivity index (χ1n) is 16.1. The summed E-state index contributed by atoms with van der Waals surface area (Å²) in [4.78, 5) is 46.9. The number of aromatic nitrogens is 2. The van der Waals surface area contributed by atoms with E-state index < -0.39 is 10.0 Å². The Balaban J connectivity index is 0.930. The maximum Gasteiger partial charge on any atom is 0.261 e. The molecule has 0 atom stereocenters. The summed E-state index contributed by atoms with van der Waals surface area (Å²) in [6.45, 7) is 0.441. The zero-order valence-corrected chi connectivity index (χ0v) is 26.8. The van der Waals surface area contributed by atoms with Crippen LogP contribution in [-0.4, -0.2) is 53.3 Å². The van der Waals surface area contributed by atoms with E-state index in [2.05, 4.69) is 15.0 Å². The van der Waals surface area contributed by atoms with Crippen LogP contribution in [0.15, 0.2) is 66.7 Å². The van der Waals surface area contributed by atoms with Gasteiger partial charge >= 0.3 is 0 Å². The molecule has 47 heavy (non-hydrogen) atoms. The minimum absolute atomic E-state index is 0.0354. The Kier molecular flexibility index (Phi) is 9.67. The summed E-state index contributed by atoms with van der Waals surface area (Å²) in [5.74, 6) is 0.0792. The molecule has 1 fully saturated rings. The molecular weight excluding hydrogens is 621 g/mol. The third-order valence-electron chi connectivity index (χ3n) is 9.09. The molecule has 0 bridgehead atoms. The fraction of sp³-hybridized carbons (Fsp3) is 0.371. The number of sulfonamides is 1. The molecule has 3 aromatic carbocycles. The molecule has 1 aliphatic heterocycles. The van der Waals surface area contributed by atoms with Gasteiger partial charge in [-0.3, -0.25) is 24.0 Å². The molecule has 6 rings (SSSR count). The second-order valence-corrected chi connectivity index (χ2v) is 14.3. The molecule has 0 saturated heterocycles. The topological polar surface area (TPSA) is 141 Å². The van der Waals surface area contributed by atoms with Crippen LogP contribution < -0.4 is 10.0 Å². The second-order valence-electron chi connectivity index (χ2n) is 12.4. The van der Waals surface area contributed by atoms with Gasteiger partial charge in [0.1, 0.15) is 11.6 Å². The van der Waals surface area contributed by atoms with E-state index in [4.69, 9.17) is 4.98 Å². The van der Waals surface area contributed by atoms with Crippen LogP contribution in [0, 0.1) is 17.7 Å². The number of nitrogens with zero attached hydrogens (tertiary/aromatic N) is 2. The van der Waals surface area contributed by atoms with Crippen LogP contribution in [0.2, 0.25) is 0 Å². The number of unbranched alkanes of at least 4 members (excludes halogenated alkanes) is 2. The van der Waals surface area contributed by atoms with Gasteiger partial charge < -0.3 is 10.3 Å². The number of hydrogen-bond donors (Lipinski definition) is 3. The number of imidazole rings is 1. The minimum Gasteiger partial charge on any atom is -0.352 e. The van der Waals surface area contributed by atoms with Gasteiger partial charge in [-0.2, -0.15) is 0 Å². The Morgan fingerprint density at radius 3 is 2.34 bits per heavy atom. The van der Waals surface area contributed by atoms with Crippen molar-refractivity contribution in [2.75, 3.05) is 17.0 Å². The van der Waals surface area contributed by atoms with Gasteiger partial charge in [-0.05, 0) is 80.8 Å². The summed E-state index contributed by atoms with van der Waals surface area (Å²) in [6.07, 6.45) is 5.51. The standard InChI is InChI=1S/C35H38FN5O5S/c36-29-11-5-2-8-25(29)22-37-33(42)24-14-12-23(13-15-24)20-32-38-30-17-16-26(21-31(30)39-32)40-47(45,46)19-7-1-6-18-41-34(43)27-9-3-4-10-28(27)35(41)44/h2-5,8-11,16-17,21,23-24,40H,1,6-7,12-15,18-20,22H2,(H,37,42)(H,38,39). The average molecular weight is 660 g/mol. The Bertz CT molecular complexity index is 1870. The van der Waals surface area contributed by atoms with E-state index in [1.54, 1.807) is 60.7 Å². The van der Waals surface area contributed by atoms with Gasteiger partial charge in [0.05, 0.1) is 33.6 Å².